The third-order valence-electron chi connectivity index (χ3n) is 5.65. The van der Waals surface area contributed by atoms with Crippen LogP contribution in [-0.2, 0) is 20.7 Å². The molecule has 2 fully saturated rings. The van der Waals surface area contributed by atoms with Gasteiger partial charge in [-0.2, -0.15) is 0 Å². The van der Waals surface area contributed by atoms with Gasteiger partial charge in [0.05, 0.1) is 11.2 Å². The number of carbonyl (C=O) groups is 2. The Labute approximate surface area is 159 Å². The maximum atomic E-state index is 12.6. The van der Waals surface area contributed by atoms with Crippen molar-refractivity contribution in [3.8, 4) is 0 Å². The molecule has 2 saturated heterocycles. The van der Waals surface area contributed by atoms with Crippen LogP contribution in [-0.4, -0.2) is 66.0 Å². The number of amides is 2. The van der Waals surface area contributed by atoms with Crippen LogP contribution in [0, 0.1) is 12.8 Å². The van der Waals surface area contributed by atoms with Crippen molar-refractivity contribution in [3.05, 3.63) is 16.1 Å². The van der Waals surface area contributed by atoms with Crippen LogP contribution in [0.2, 0.25) is 0 Å². The second kappa shape index (κ2) is 8.95. The molecule has 6 nitrogen and oxygen atoms in total. The summed E-state index contributed by atoms with van der Waals surface area (Å²) in [6, 6.07) is 0.292. The van der Waals surface area contributed by atoms with E-state index in [1.807, 2.05) is 17.3 Å². The van der Waals surface area contributed by atoms with Gasteiger partial charge in [-0.15, -0.1) is 11.3 Å². The number of piperidine rings is 2. The molecule has 0 unspecified atom stereocenters. The molecule has 2 aliphatic heterocycles. The van der Waals surface area contributed by atoms with Gasteiger partial charge in [-0.25, -0.2) is 4.98 Å². The predicted octanol–water partition coefficient (Wildman–Crippen LogP) is 2.26. The van der Waals surface area contributed by atoms with E-state index >= 15 is 0 Å². The molecule has 7 heteroatoms. The van der Waals surface area contributed by atoms with Gasteiger partial charge in [-0.1, -0.05) is 0 Å². The van der Waals surface area contributed by atoms with E-state index in [1.54, 1.807) is 18.4 Å². The van der Waals surface area contributed by atoms with Crippen LogP contribution in [0.5, 0.6) is 0 Å². The lowest BCUT2D eigenvalue weighted by molar-refractivity contribution is -0.144. The number of nitrogens with zero attached hydrogens (tertiary/aromatic N) is 3. The third-order valence-corrected chi connectivity index (χ3v) is 6.65. The Kier molecular flexibility index (Phi) is 6.64. The minimum atomic E-state index is 0.235. The molecule has 0 N–H and O–H groups in total. The van der Waals surface area contributed by atoms with Crippen molar-refractivity contribution >= 4 is 23.2 Å². The van der Waals surface area contributed by atoms with E-state index in [2.05, 4.69) is 9.88 Å². The number of fused-ring (bicyclic) bond motifs is 1. The molecule has 3 rings (SSSR count). The number of hydrogen-bond acceptors (Lipinski definition) is 5. The number of thiazole rings is 1. The molecule has 144 valence electrons. The number of carbonyl (C=O) groups excluding carboxylic acids is 2. The first-order valence-electron chi connectivity index (χ1n) is 9.55. The number of ether oxygens (including phenoxy) is 1. The zero-order valence-corrected chi connectivity index (χ0v) is 16.6. The predicted molar refractivity (Wildman–Crippen MR) is 101 cm³/mol. The third kappa shape index (κ3) is 4.43. The van der Waals surface area contributed by atoms with Crippen LogP contribution in [0.25, 0.3) is 0 Å². The second-order valence-electron chi connectivity index (χ2n) is 7.29. The highest BCUT2D eigenvalue weighted by atomic mass is 32.1. The van der Waals surface area contributed by atoms with E-state index in [0.29, 0.717) is 31.4 Å². The van der Waals surface area contributed by atoms with Crippen molar-refractivity contribution in [2.24, 2.45) is 5.92 Å². The molecular formula is C19H29N3O3S. The van der Waals surface area contributed by atoms with Gasteiger partial charge < -0.3 is 14.5 Å². The lowest BCUT2D eigenvalue weighted by Crippen LogP contribution is -2.57. The fourth-order valence-corrected chi connectivity index (χ4v) is 4.97. The van der Waals surface area contributed by atoms with Crippen molar-refractivity contribution in [2.45, 2.75) is 51.5 Å². The summed E-state index contributed by atoms with van der Waals surface area (Å²) in [4.78, 5) is 34.5. The average Bonchev–Trinajstić information content (AvgIpc) is 3.06. The number of likely N-dealkylation sites (tertiary alicyclic amines) is 2. The van der Waals surface area contributed by atoms with Gasteiger partial charge in [0.2, 0.25) is 11.8 Å². The monoisotopic (exact) mass is 379 g/mol. The molecule has 1 aromatic heterocycles. The summed E-state index contributed by atoms with van der Waals surface area (Å²) in [6.45, 7) is 5.00. The van der Waals surface area contributed by atoms with E-state index in [-0.39, 0.29) is 11.8 Å². The molecule has 26 heavy (non-hydrogen) atoms. The minimum absolute atomic E-state index is 0.235. The smallest absolute Gasteiger partial charge is 0.222 e. The molecule has 2 aliphatic rings. The number of aryl methyl sites for hydroxylation is 2. The van der Waals surface area contributed by atoms with Crippen molar-refractivity contribution < 1.29 is 14.3 Å². The summed E-state index contributed by atoms with van der Waals surface area (Å²) in [5, 5.41) is 0. The van der Waals surface area contributed by atoms with Crippen LogP contribution in [0.1, 0.15) is 42.7 Å². The van der Waals surface area contributed by atoms with Crippen molar-refractivity contribution in [2.75, 3.05) is 33.4 Å². The van der Waals surface area contributed by atoms with Crippen molar-refractivity contribution in [3.63, 3.8) is 0 Å². The number of rotatable bonds is 7. The molecule has 1 aromatic rings. The Morgan fingerprint density at radius 1 is 1.42 bits per heavy atom. The zero-order chi connectivity index (χ0) is 18.5. The van der Waals surface area contributed by atoms with E-state index in [4.69, 9.17) is 4.74 Å². The van der Waals surface area contributed by atoms with Gasteiger partial charge in [0.25, 0.3) is 0 Å². The molecule has 0 bridgehead atoms. The van der Waals surface area contributed by atoms with Gasteiger partial charge >= 0.3 is 0 Å². The number of hydrogen-bond donors (Lipinski definition) is 0. The van der Waals surface area contributed by atoms with Crippen LogP contribution in [0.3, 0.4) is 0 Å². The van der Waals surface area contributed by atoms with Gasteiger partial charge in [0, 0.05) is 57.1 Å². The molecule has 0 aromatic carbocycles. The van der Waals surface area contributed by atoms with Gasteiger partial charge in [-0.05, 0) is 38.5 Å². The Hall–Kier alpha value is -1.47. The van der Waals surface area contributed by atoms with Crippen LogP contribution < -0.4 is 0 Å². The lowest BCUT2D eigenvalue weighted by atomic mass is 9.83. The Bertz CT molecular complexity index is 633. The summed E-state index contributed by atoms with van der Waals surface area (Å²) in [6.07, 6.45) is 4.62. The van der Waals surface area contributed by atoms with Crippen LogP contribution >= 0.6 is 11.3 Å². The highest BCUT2D eigenvalue weighted by molar-refractivity contribution is 7.09. The second-order valence-corrected chi connectivity index (χ2v) is 8.23. The summed E-state index contributed by atoms with van der Waals surface area (Å²) in [7, 11) is 1.69. The minimum Gasteiger partial charge on any atom is -0.385 e. The van der Waals surface area contributed by atoms with E-state index in [1.165, 1.54) is 4.88 Å². The highest BCUT2D eigenvalue weighted by Gasteiger charge is 2.39. The first-order chi connectivity index (χ1) is 12.6. The van der Waals surface area contributed by atoms with E-state index in [0.717, 1.165) is 51.0 Å². The van der Waals surface area contributed by atoms with Crippen molar-refractivity contribution in [1.29, 1.82) is 0 Å². The quantitative estimate of drug-likeness (QED) is 0.682. The Morgan fingerprint density at radius 3 is 3.00 bits per heavy atom. The topological polar surface area (TPSA) is 62.7 Å². The van der Waals surface area contributed by atoms with Gasteiger partial charge in [-0.3, -0.25) is 9.59 Å². The SMILES string of the molecule is COCCCN1C(=O)CC[C@H]2CN(C(=O)CCc3scnc3C)CC[C@H]21. The summed E-state index contributed by atoms with van der Waals surface area (Å²) in [5.41, 5.74) is 2.89. The molecule has 2 amide bonds. The molecule has 0 spiro atoms. The number of methoxy groups -OCH3 is 1. The fourth-order valence-electron chi connectivity index (χ4n) is 4.19. The van der Waals surface area contributed by atoms with Gasteiger partial charge in [0.1, 0.15) is 0 Å². The Morgan fingerprint density at radius 2 is 2.27 bits per heavy atom. The molecule has 0 saturated carbocycles. The fraction of sp³-hybridized carbons (Fsp3) is 0.737. The van der Waals surface area contributed by atoms with Crippen LogP contribution in [0.4, 0.5) is 0 Å². The maximum Gasteiger partial charge on any atom is 0.222 e. The Balaban J connectivity index is 1.53. The summed E-state index contributed by atoms with van der Waals surface area (Å²) >= 11 is 1.63. The van der Waals surface area contributed by atoms with Gasteiger partial charge in [0.15, 0.2) is 0 Å². The summed E-state index contributed by atoms with van der Waals surface area (Å²) in [5.74, 6) is 0.917. The average molecular weight is 380 g/mol. The molecule has 0 radical (unpaired) electrons. The normalized spacial score (nSPS) is 23.2. The first kappa shape index (κ1) is 19.3. The largest absolute Gasteiger partial charge is 0.385 e. The van der Waals surface area contributed by atoms with E-state index in [9.17, 15) is 9.59 Å². The highest BCUT2D eigenvalue weighted by Crippen LogP contribution is 2.31. The zero-order valence-electron chi connectivity index (χ0n) is 15.8. The number of aromatic nitrogens is 1. The molecule has 2 atom stereocenters. The maximum absolute atomic E-state index is 12.6. The van der Waals surface area contributed by atoms with Crippen molar-refractivity contribution in [1.82, 2.24) is 14.8 Å². The molecule has 0 aliphatic carbocycles. The first-order valence-corrected chi connectivity index (χ1v) is 10.4. The standard InChI is InChI=1S/C19H29N3O3S/c1-14-17(26-13-20-14)5-7-18(23)21-10-8-16-15(12-21)4-6-19(24)22(16)9-3-11-25-2/h13,15-16H,3-12H2,1-2H3/t15-,16+/m0/s1. The van der Waals surface area contributed by atoms with E-state index < -0.39 is 0 Å². The lowest BCUT2D eigenvalue weighted by Gasteiger charge is -2.47. The summed E-state index contributed by atoms with van der Waals surface area (Å²) < 4.78 is 5.12. The molecular weight excluding hydrogens is 350 g/mol. The van der Waals surface area contributed by atoms with Crippen LogP contribution in [0.15, 0.2) is 5.51 Å². The molecule has 3 heterocycles.